The van der Waals surface area contributed by atoms with E-state index in [0.29, 0.717) is 50.8 Å². The second-order valence-corrected chi connectivity index (χ2v) is 11.3. The van der Waals surface area contributed by atoms with Gasteiger partial charge in [-0.3, -0.25) is 9.59 Å². The second-order valence-electron chi connectivity index (χ2n) is 11.3. The average Bonchev–Trinajstić information content (AvgIpc) is 3.36. The van der Waals surface area contributed by atoms with Gasteiger partial charge in [0.1, 0.15) is 23.1 Å². The van der Waals surface area contributed by atoms with Crippen LogP contribution in [0, 0.1) is 11.6 Å². The number of hydrogen-bond acceptors (Lipinski definition) is 6. The number of anilines is 1. The van der Waals surface area contributed by atoms with Crippen molar-refractivity contribution in [1.82, 2.24) is 4.57 Å². The maximum atomic E-state index is 14.4. The third-order valence-corrected chi connectivity index (χ3v) is 7.63. The molecule has 1 aromatic heterocycles. The van der Waals surface area contributed by atoms with E-state index >= 15 is 0 Å². The van der Waals surface area contributed by atoms with Crippen LogP contribution in [0.3, 0.4) is 0 Å². The second kappa shape index (κ2) is 15.0. The lowest BCUT2D eigenvalue weighted by Gasteiger charge is -2.20. The Kier molecular flexibility index (Phi) is 11.2. The average molecular weight is 637 g/mol. The van der Waals surface area contributed by atoms with Crippen LogP contribution in [-0.2, 0) is 11.3 Å². The lowest BCUT2D eigenvalue weighted by atomic mass is 9.94. The molecule has 0 radical (unpaired) electrons. The number of aliphatic hydroxyl groups is 2. The first-order valence-electron chi connectivity index (χ1n) is 14.8. The van der Waals surface area contributed by atoms with Crippen molar-refractivity contribution in [1.29, 1.82) is 0 Å². The van der Waals surface area contributed by atoms with Gasteiger partial charge in [-0.15, -0.1) is 0 Å². The lowest BCUT2D eigenvalue weighted by molar-refractivity contribution is -0.139. The number of nitrogens with one attached hydrogen (secondary N) is 1. The summed E-state index contributed by atoms with van der Waals surface area (Å²) in [5.74, 6) is -1.94. The third-order valence-electron chi connectivity index (χ3n) is 7.63. The summed E-state index contributed by atoms with van der Waals surface area (Å²) in [4.78, 5) is 25.4. The predicted octanol–water partition coefficient (Wildman–Crippen LogP) is 6.47. The number of carboxylic acids is 1. The number of methoxy groups -OCH3 is 2. The fourth-order valence-corrected chi connectivity index (χ4v) is 5.59. The van der Waals surface area contributed by atoms with Crippen LogP contribution in [0.2, 0.25) is 0 Å². The molecule has 0 fully saturated rings. The summed E-state index contributed by atoms with van der Waals surface area (Å²) in [6, 6.07) is 16.4. The van der Waals surface area contributed by atoms with E-state index < -0.39 is 42.1 Å². The SMILES string of the molecule is COc1ccc(NC(=O)c2c(-c3ccc(F)cc3)c(-c3ccc(F)cc3)n(CCC(O)CC(O)CC(=O)O)c2C(C)C)c(OC)c1. The van der Waals surface area contributed by atoms with Crippen molar-refractivity contribution in [2.75, 3.05) is 19.5 Å². The highest BCUT2D eigenvalue weighted by atomic mass is 19.1. The number of rotatable bonds is 14. The van der Waals surface area contributed by atoms with Crippen molar-refractivity contribution in [3.8, 4) is 33.9 Å². The maximum absolute atomic E-state index is 14.4. The van der Waals surface area contributed by atoms with E-state index in [-0.39, 0.29) is 25.3 Å². The van der Waals surface area contributed by atoms with Crippen LogP contribution < -0.4 is 14.8 Å². The monoisotopic (exact) mass is 636 g/mol. The number of halogens is 2. The summed E-state index contributed by atoms with van der Waals surface area (Å²) >= 11 is 0. The van der Waals surface area contributed by atoms with Crippen molar-refractivity contribution in [3.63, 3.8) is 0 Å². The molecule has 0 spiro atoms. The first-order chi connectivity index (χ1) is 21.9. The Morgan fingerprint density at radius 3 is 2.02 bits per heavy atom. The molecule has 0 aliphatic carbocycles. The van der Waals surface area contributed by atoms with E-state index in [1.807, 2.05) is 18.4 Å². The van der Waals surface area contributed by atoms with E-state index in [4.69, 9.17) is 14.6 Å². The van der Waals surface area contributed by atoms with Gasteiger partial charge >= 0.3 is 5.97 Å². The minimum Gasteiger partial charge on any atom is -0.497 e. The number of carbonyl (C=O) groups is 2. The number of aliphatic hydroxyl groups excluding tert-OH is 2. The molecule has 2 unspecified atom stereocenters. The largest absolute Gasteiger partial charge is 0.497 e. The highest BCUT2D eigenvalue weighted by molar-refractivity contribution is 6.13. The van der Waals surface area contributed by atoms with Gasteiger partial charge in [-0.1, -0.05) is 26.0 Å². The predicted molar refractivity (Wildman–Crippen MR) is 170 cm³/mol. The van der Waals surface area contributed by atoms with Gasteiger partial charge in [0.15, 0.2) is 0 Å². The minimum atomic E-state index is -1.24. The molecule has 4 N–H and O–H groups in total. The Morgan fingerprint density at radius 2 is 1.48 bits per heavy atom. The molecule has 2 atom stereocenters. The minimum absolute atomic E-state index is 0.107. The lowest BCUT2D eigenvalue weighted by Crippen LogP contribution is -2.22. The first kappa shape index (κ1) is 34.1. The van der Waals surface area contributed by atoms with Crippen LogP contribution in [0.5, 0.6) is 11.5 Å². The molecule has 0 aliphatic heterocycles. The third kappa shape index (κ3) is 7.91. The van der Waals surface area contributed by atoms with Crippen molar-refractivity contribution in [2.24, 2.45) is 0 Å². The summed E-state index contributed by atoms with van der Waals surface area (Å²) in [5, 5.41) is 32.9. The van der Waals surface area contributed by atoms with Crippen molar-refractivity contribution < 1.29 is 43.2 Å². The molecule has 4 aromatic rings. The zero-order valence-electron chi connectivity index (χ0n) is 26.1. The highest BCUT2D eigenvalue weighted by Crippen LogP contribution is 2.43. The molecule has 244 valence electrons. The first-order valence-corrected chi connectivity index (χ1v) is 14.8. The summed E-state index contributed by atoms with van der Waals surface area (Å²) in [5.41, 5.74) is 3.39. The smallest absolute Gasteiger partial charge is 0.305 e. The zero-order chi connectivity index (χ0) is 33.5. The number of hydrogen-bond donors (Lipinski definition) is 4. The number of aliphatic carboxylic acids is 1. The van der Waals surface area contributed by atoms with Crippen LogP contribution >= 0.6 is 0 Å². The molecule has 1 amide bonds. The van der Waals surface area contributed by atoms with Gasteiger partial charge in [0.2, 0.25) is 0 Å². The summed E-state index contributed by atoms with van der Waals surface area (Å²) in [7, 11) is 2.98. The van der Waals surface area contributed by atoms with Gasteiger partial charge in [-0.2, -0.15) is 0 Å². The number of benzene rings is 3. The molecule has 3 aromatic carbocycles. The summed E-state index contributed by atoms with van der Waals surface area (Å²) in [6.45, 7) is 3.98. The van der Waals surface area contributed by atoms with Crippen LogP contribution in [0.15, 0.2) is 66.7 Å². The van der Waals surface area contributed by atoms with Crippen LogP contribution in [-0.4, -0.2) is 58.2 Å². The van der Waals surface area contributed by atoms with Gasteiger partial charge in [0.25, 0.3) is 5.91 Å². The number of aromatic nitrogens is 1. The van der Waals surface area contributed by atoms with Crippen molar-refractivity contribution >= 4 is 17.6 Å². The van der Waals surface area contributed by atoms with Crippen molar-refractivity contribution in [3.05, 3.63) is 89.6 Å². The molecule has 46 heavy (non-hydrogen) atoms. The standard InChI is InChI=1S/C35H38F2N2O7/c1-20(2)33-32(35(44)38-28-14-13-27(45-3)19-29(28)46-4)31(21-5-9-23(36)10-6-21)34(22-7-11-24(37)12-8-22)39(33)16-15-25(40)17-26(41)18-30(42)43/h5-14,19-20,25-26,40-41H,15-18H2,1-4H3,(H,38,44)(H,42,43). The Balaban J connectivity index is 1.93. The Hall–Kier alpha value is -4.74. The van der Waals surface area contributed by atoms with Gasteiger partial charge in [0.05, 0.1) is 49.8 Å². The fourth-order valence-electron chi connectivity index (χ4n) is 5.59. The number of nitrogens with zero attached hydrogens (tertiary/aromatic N) is 1. The summed E-state index contributed by atoms with van der Waals surface area (Å²) < 4.78 is 40.9. The molecule has 4 rings (SSSR count). The Morgan fingerprint density at radius 1 is 0.870 bits per heavy atom. The number of amides is 1. The van der Waals surface area contributed by atoms with Gasteiger partial charge in [-0.05, 0) is 78.4 Å². The quantitative estimate of drug-likeness (QED) is 0.125. The molecule has 1 heterocycles. The van der Waals surface area contributed by atoms with E-state index in [9.17, 15) is 28.6 Å². The molecule has 0 bridgehead atoms. The van der Waals surface area contributed by atoms with Gasteiger partial charge in [-0.25, -0.2) is 8.78 Å². The fraction of sp³-hybridized carbons (Fsp3) is 0.314. The molecule has 11 heteroatoms. The number of ether oxygens (including phenoxy) is 2. The number of carboxylic acid groups (broad SMARTS) is 1. The van der Waals surface area contributed by atoms with Gasteiger partial charge in [0, 0.05) is 23.9 Å². The molecule has 0 saturated carbocycles. The van der Waals surface area contributed by atoms with E-state index in [0.717, 1.165) is 0 Å². The zero-order valence-corrected chi connectivity index (χ0v) is 26.1. The molecule has 0 aliphatic rings. The Bertz CT molecular complexity index is 1670. The number of carbonyl (C=O) groups excluding carboxylic acids is 1. The van der Waals surface area contributed by atoms with E-state index in [2.05, 4.69) is 5.32 Å². The molecular weight excluding hydrogens is 598 g/mol. The highest BCUT2D eigenvalue weighted by Gasteiger charge is 2.31. The molecule has 0 saturated heterocycles. The maximum Gasteiger partial charge on any atom is 0.305 e. The Labute approximate surface area is 266 Å². The summed E-state index contributed by atoms with van der Waals surface area (Å²) in [6.07, 6.45) is -2.87. The van der Waals surface area contributed by atoms with Crippen molar-refractivity contribution in [2.45, 2.75) is 57.8 Å². The van der Waals surface area contributed by atoms with Crippen LogP contribution in [0.4, 0.5) is 14.5 Å². The van der Waals surface area contributed by atoms with Crippen LogP contribution in [0.25, 0.3) is 22.4 Å². The van der Waals surface area contributed by atoms with E-state index in [1.165, 1.54) is 38.5 Å². The van der Waals surface area contributed by atoms with Crippen LogP contribution in [0.1, 0.15) is 55.1 Å². The normalized spacial score (nSPS) is 12.5. The van der Waals surface area contributed by atoms with Gasteiger partial charge < -0.3 is 34.7 Å². The van der Waals surface area contributed by atoms with E-state index in [1.54, 1.807) is 42.5 Å². The topological polar surface area (TPSA) is 130 Å². The molecule has 9 nitrogen and oxygen atoms in total. The molecular formula is C35H38F2N2O7.